The number of hydrogen-bond acceptors (Lipinski definition) is 4. The van der Waals surface area contributed by atoms with Crippen molar-refractivity contribution < 1.29 is 24.2 Å². The van der Waals surface area contributed by atoms with E-state index in [9.17, 15) is 14.4 Å². The van der Waals surface area contributed by atoms with Gasteiger partial charge in [-0.1, -0.05) is 0 Å². The van der Waals surface area contributed by atoms with Gasteiger partial charge in [-0.05, 0) is 13.8 Å². The molecule has 0 spiro atoms. The number of carbonyl (C=O) groups excluding carboxylic acids is 2. The van der Waals surface area contributed by atoms with Gasteiger partial charge in [-0.3, -0.25) is 9.59 Å². The number of rotatable bonds is 6. The van der Waals surface area contributed by atoms with Crippen LogP contribution in [0.15, 0.2) is 0 Å². The molecule has 0 aromatic rings. The average molecular weight is 246 g/mol. The van der Waals surface area contributed by atoms with Crippen LogP contribution < -0.4 is 10.6 Å². The van der Waals surface area contributed by atoms with E-state index in [2.05, 4.69) is 15.4 Å². The summed E-state index contributed by atoms with van der Waals surface area (Å²) in [5.74, 6) is -2.08. The molecule has 17 heavy (non-hydrogen) atoms. The molecule has 3 N–H and O–H groups in total. The summed E-state index contributed by atoms with van der Waals surface area (Å²) in [6, 6.07) is -1.000. The van der Waals surface area contributed by atoms with Crippen LogP contribution in [0.4, 0.5) is 4.79 Å². The number of carboxylic acids is 1. The Kier molecular flexibility index (Phi) is 6.69. The fraction of sp³-hybridized carbons (Fsp3) is 0.700. The van der Waals surface area contributed by atoms with E-state index in [1.165, 1.54) is 14.0 Å². The zero-order valence-corrected chi connectivity index (χ0v) is 10.1. The van der Waals surface area contributed by atoms with Crippen molar-refractivity contribution in [2.75, 3.05) is 13.7 Å². The lowest BCUT2D eigenvalue weighted by atomic mass is 10.0. The van der Waals surface area contributed by atoms with Crippen LogP contribution in [-0.4, -0.2) is 42.8 Å². The van der Waals surface area contributed by atoms with Crippen LogP contribution in [0.5, 0.6) is 0 Å². The van der Waals surface area contributed by atoms with Gasteiger partial charge in [0.25, 0.3) is 0 Å². The fourth-order valence-corrected chi connectivity index (χ4v) is 0.977. The normalized spacial score (nSPS) is 13.4. The second-order valence-corrected chi connectivity index (χ2v) is 3.64. The first kappa shape index (κ1) is 15.2. The fourth-order valence-electron chi connectivity index (χ4n) is 0.977. The number of hydrogen-bond donors (Lipinski definition) is 3. The van der Waals surface area contributed by atoms with Gasteiger partial charge in [0.1, 0.15) is 0 Å². The molecule has 0 saturated heterocycles. The first-order valence-electron chi connectivity index (χ1n) is 5.22. The number of urea groups is 1. The lowest BCUT2D eigenvalue weighted by Crippen LogP contribution is -2.45. The van der Waals surface area contributed by atoms with E-state index in [-0.39, 0.29) is 13.0 Å². The van der Waals surface area contributed by atoms with Crippen molar-refractivity contribution in [2.45, 2.75) is 26.3 Å². The molecule has 0 radical (unpaired) electrons. The highest BCUT2D eigenvalue weighted by molar-refractivity contribution is 5.77. The summed E-state index contributed by atoms with van der Waals surface area (Å²) in [7, 11) is 1.26. The molecule has 0 rings (SSSR count). The van der Waals surface area contributed by atoms with E-state index in [1.54, 1.807) is 6.92 Å². The molecular formula is C10H18N2O5. The number of aliphatic carboxylic acids is 1. The molecule has 7 heteroatoms. The summed E-state index contributed by atoms with van der Waals surface area (Å²) < 4.78 is 4.39. The quantitative estimate of drug-likeness (QED) is 0.570. The second kappa shape index (κ2) is 7.48. The Hall–Kier alpha value is -1.79. The zero-order chi connectivity index (χ0) is 13.4. The van der Waals surface area contributed by atoms with Crippen LogP contribution in [0.25, 0.3) is 0 Å². The highest BCUT2D eigenvalue weighted by Gasteiger charge is 2.20. The highest BCUT2D eigenvalue weighted by Crippen LogP contribution is 2.01. The van der Waals surface area contributed by atoms with Crippen molar-refractivity contribution in [1.82, 2.24) is 10.6 Å². The van der Waals surface area contributed by atoms with Gasteiger partial charge in [0, 0.05) is 12.6 Å². The first-order valence-corrected chi connectivity index (χ1v) is 5.22. The van der Waals surface area contributed by atoms with Gasteiger partial charge in [-0.25, -0.2) is 4.79 Å². The highest BCUT2D eigenvalue weighted by atomic mass is 16.5. The molecular weight excluding hydrogens is 228 g/mol. The standard InChI is InChI=1S/C10H18N2O5/c1-6(9(14)15)7(2)12-10(16)11-5-4-8(13)17-3/h6-7H,4-5H2,1-3H3,(H,14,15)(H2,11,12,16). The molecule has 0 saturated carbocycles. The zero-order valence-electron chi connectivity index (χ0n) is 10.1. The van der Waals surface area contributed by atoms with Crippen LogP contribution in [0, 0.1) is 5.92 Å². The minimum atomic E-state index is -0.979. The lowest BCUT2D eigenvalue weighted by Gasteiger charge is -2.17. The largest absolute Gasteiger partial charge is 0.481 e. The van der Waals surface area contributed by atoms with Gasteiger partial charge in [-0.2, -0.15) is 0 Å². The number of esters is 1. The minimum absolute atomic E-state index is 0.0762. The summed E-state index contributed by atoms with van der Waals surface area (Å²) in [5.41, 5.74) is 0. The van der Waals surface area contributed by atoms with Crippen molar-refractivity contribution in [3.63, 3.8) is 0 Å². The Morgan fingerprint density at radius 1 is 1.29 bits per heavy atom. The van der Waals surface area contributed by atoms with E-state index in [0.29, 0.717) is 0 Å². The molecule has 0 aromatic heterocycles. The molecule has 2 unspecified atom stereocenters. The van der Waals surface area contributed by atoms with E-state index >= 15 is 0 Å². The van der Waals surface area contributed by atoms with Gasteiger partial charge in [-0.15, -0.1) is 0 Å². The summed E-state index contributed by atoms with van der Waals surface area (Å²) in [6.07, 6.45) is 0.0762. The maximum absolute atomic E-state index is 11.3. The van der Waals surface area contributed by atoms with Crippen LogP contribution in [-0.2, 0) is 14.3 Å². The van der Waals surface area contributed by atoms with Crippen LogP contribution in [0.1, 0.15) is 20.3 Å². The molecule has 0 aliphatic rings. The first-order chi connectivity index (χ1) is 7.88. The van der Waals surface area contributed by atoms with Gasteiger partial charge in [0.05, 0.1) is 19.4 Å². The van der Waals surface area contributed by atoms with Crippen molar-refractivity contribution in [3.8, 4) is 0 Å². The third-order valence-electron chi connectivity index (χ3n) is 2.34. The number of carbonyl (C=O) groups is 3. The van der Waals surface area contributed by atoms with Crippen LogP contribution in [0.3, 0.4) is 0 Å². The summed E-state index contributed by atoms with van der Waals surface area (Å²) >= 11 is 0. The predicted molar refractivity (Wildman–Crippen MR) is 59.4 cm³/mol. The Morgan fingerprint density at radius 3 is 2.35 bits per heavy atom. The number of methoxy groups -OCH3 is 1. The Bertz CT molecular complexity index is 292. The SMILES string of the molecule is COC(=O)CCNC(=O)NC(C)C(C)C(=O)O. The minimum Gasteiger partial charge on any atom is -0.481 e. The monoisotopic (exact) mass is 246 g/mol. The molecule has 0 aliphatic carbocycles. The van der Waals surface area contributed by atoms with Gasteiger partial charge in [0.2, 0.25) is 0 Å². The van der Waals surface area contributed by atoms with Crippen molar-refractivity contribution >= 4 is 18.0 Å². The number of carboxylic acid groups (broad SMARTS) is 1. The maximum Gasteiger partial charge on any atom is 0.315 e. The topological polar surface area (TPSA) is 105 Å². The average Bonchev–Trinajstić information content (AvgIpc) is 2.27. The van der Waals surface area contributed by atoms with Gasteiger partial charge >= 0.3 is 18.0 Å². The lowest BCUT2D eigenvalue weighted by molar-refractivity contribution is -0.142. The van der Waals surface area contributed by atoms with E-state index in [4.69, 9.17) is 5.11 Å². The third-order valence-corrected chi connectivity index (χ3v) is 2.34. The predicted octanol–water partition coefficient (Wildman–Crippen LogP) is -0.0421. The molecule has 0 bridgehead atoms. The van der Waals surface area contributed by atoms with Crippen LogP contribution in [0.2, 0.25) is 0 Å². The summed E-state index contributed by atoms with van der Waals surface area (Å²) in [6.45, 7) is 3.24. The molecule has 2 amide bonds. The summed E-state index contributed by atoms with van der Waals surface area (Å²) in [4.78, 5) is 32.7. The Labute approximate surface area is 99.5 Å². The second-order valence-electron chi connectivity index (χ2n) is 3.64. The Balaban J connectivity index is 3.86. The van der Waals surface area contributed by atoms with Gasteiger partial charge in [0.15, 0.2) is 0 Å². The molecule has 2 atom stereocenters. The Morgan fingerprint density at radius 2 is 1.88 bits per heavy atom. The van der Waals surface area contributed by atoms with Gasteiger partial charge < -0.3 is 20.5 Å². The summed E-state index contributed by atoms with van der Waals surface area (Å²) in [5, 5.41) is 13.6. The molecule has 0 fully saturated rings. The van der Waals surface area contributed by atoms with E-state index in [0.717, 1.165) is 0 Å². The third kappa shape index (κ3) is 6.39. The number of ether oxygens (including phenoxy) is 1. The molecule has 0 aliphatic heterocycles. The van der Waals surface area contributed by atoms with Crippen molar-refractivity contribution in [2.24, 2.45) is 5.92 Å². The maximum atomic E-state index is 11.3. The van der Waals surface area contributed by atoms with E-state index < -0.39 is 29.9 Å². The molecule has 0 heterocycles. The molecule has 7 nitrogen and oxygen atoms in total. The number of nitrogens with one attached hydrogen (secondary N) is 2. The van der Waals surface area contributed by atoms with Crippen molar-refractivity contribution in [1.29, 1.82) is 0 Å². The van der Waals surface area contributed by atoms with Crippen molar-refractivity contribution in [3.05, 3.63) is 0 Å². The molecule has 0 aromatic carbocycles. The molecule has 98 valence electrons. The smallest absolute Gasteiger partial charge is 0.315 e. The number of amides is 2. The van der Waals surface area contributed by atoms with Crippen LogP contribution >= 0.6 is 0 Å². The van der Waals surface area contributed by atoms with E-state index in [1.807, 2.05) is 0 Å².